The average Bonchev–Trinajstić information content (AvgIpc) is 3.22. The van der Waals surface area contributed by atoms with Gasteiger partial charge in [0.05, 0.1) is 28.8 Å². The standard InChI is InChI=1S/C21H21Cl2FN4O3S/c1-12(19-16(22)4-5-17(24)20(19)23)31-18-7-13(8-26-21(18)25)14-9-27-28(10-14)15-3-2-6-32(29,30)11-15/h4-5,7-10,12,15H,2-3,6,11H2,1H3,(H2,25,26). The molecule has 7 nitrogen and oxygen atoms in total. The minimum Gasteiger partial charge on any atom is -0.482 e. The molecule has 0 saturated carbocycles. The highest BCUT2D eigenvalue weighted by Gasteiger charge is 2.27. The van der Waals surface area contributed by atoms with Crippen molar-refractivity contribution in [2.75, 3.05) is 17.2 Å². The van der Waals surface area contributed by atoms with Crippen LogP contribution in [-0.4, -0.2) is 34.7 Å². The Balaban J connectivity index is 1.59. The number of pyridine rings is 1. The Morgan fingerprint density at radius 2 is 2.06 bits per heavy atom. The van der Waals surface area contributed by atoms with E-state index in [1.54, 1.807) is 36.3 Å². The summed E-state index contributed by atoms with van der Waals surface area (Å²) in [5.41, 5.74) is 7.72. The smallest absolute Gasteiger partial charge is 0.166 e. The molecule has 2 atom stereocenters. The molecule has 3 heterocycles. The molecule has 0 radical (unpaired) electrons. The largest absolute Gasteiger partial charge is 0.482 e. The van der Waals surface area contributed by atoms with Crippen molar-refractivity contribution in [3.8, 4) is 16.9 Å². The molecule has 0 bridgehead atoms. The van der Waals surface area contributed by atoms with Crippen LogP contribution in [0.1, 0.15) is 37.5 Å². The first kappa shape index (κ1) is 22.8. The fourth-order valence-electron chi connectivity index (χ4n) is 3.77. The first-order valence-electron chi connectivity index (χ1n) is 9.95. The summed E-state index contributed by atoms with van der Waals surface area (Å²) < 4.78 is 45.4. The molecule has 2 aromatic heterocycles. The van der Waals surface area contributed by atoms with Crippen molar-refractivity contribution in [1.82, 2.24) is 14.8 Å². The maximum Gasteiger partial charge on any atom is 0.166 e. The van der Waals surface area contributed by atoms with E-state index in [4.69, 9.17) is 33.7 Å². The van der Waals surface area contributed by atoms with Crippen LogP contribution in [0, 0.1) is 5.82 Å². The van der Waals surface area contributed by atoms with Crippen molar-refractivity contribution in [3.63, 3.8) is 0 Å². The lowest BCUT2D eigenvalue weighted by Crippen LogP contribution is -2.27. The van der Waals surface area contributed by atoms with Crippen LogP contribution in [0.25, 0.3) is 11.1 Å². The molecular formula is C21H21Cl2FN4O3S. The van der Waals surface area contributed by atoms with Crippen LogP contribution >= 0.6 is 23.2 Å². The van der Waals surface area contributed by atoms with E-state index in [0.29, 0.717) is 17.5 Å². The predicted octanol–water partition coefficient (Wildman–Crippen LogP) is 4.86. The zero-order valence-corrected chi connectivity index (χ0v) is 19.5. The van der Waals surface area contributed by atoms with E-state index in [-0.39, 0.29) is 39.2 Å². The van der Waals surface area contributed by atoms with Crippen molar-refractivity contribution in [2.45, 2.75) is 31.9 Å². The Hall–Kier alpha value is -2.36. The minimum absolute atomic E-state index is 0.0785. The summed E-state index contributed by atoms with van der Waals surface area (Å²) >= 11 is 12.3. The molecule has 3 aromatic rings. The van der Waals surface area contributed by atoms with Gasteiger partial charge in [0.1, 0.15) is 11.9 Å². The average molecular weight is 499 g/mol. The summed E-state index contributed by atoms with van der Waals surface area (Å²) in [6.45, 7) is 1.68. The van der Waals surface area contributed by atoms with Gasteiger partial charge < -0.3 is 10.5 Å². The number of benzene rings is 1. The molecule has 0 amide bonds. The zero-order valence-electron chi connectivity index (χ0n) is 17.1. The molecule has 32 heavy (non-hydrogen) atoms. The fourth-order valence-corrected chi connectivity index (χ4v) is 6.12. The van der Waals surface area contributed by atoms with Crippen molar-refractivity contribution in [3.05, 3.63) is 58.2 Å². The highest BCUT2D eigenvalue weighted by molar-refractivity contribution is 7.91. The van der Waals surface area contributed by atoms with E-state index in [1.165, 1.54) is 12.1 Å². The number of hydrogen-bond donors (Lipinski definition) is 1. The second kappa shape index (κ2) is 8.88. The van der Waals surface area contributed by atoms with E-state index >= 15 is 0 Å². The predicted molar refractivity (Wildman–Crippen MR) is 122 cm³/mol. The molecule has 0 spiro atoms. The molecule has 1 saturated heterocycles. The first-order valence-corrected chi connectivity index (χ1v) is 12.5. The van der Waals surface area contributed by atoms with Gasteiger partial charge in [0.15, 0.2) is 21.4 Å². The lowest BCUT2D eigenvalue weighted by Gasteiger charge is -2.22. The van der Waals surface area contributed by atoms with Gasteiger partial charge in [-0.25, -0.2) is 17.8 Å². The van der Waals surface area contributed by atoms with Crippen LogP contribution in [0.5, 0.6) is 5.75 Å². The van der Waals surface area contributed by atoms with Crippen molar-refractivity contribution in [1.29, 1.82) is 0 Å². The van der Waals surface area contributed by atoms with Crippen LogP contribution in [0.15, 0.2) is 36.8 Å². The Labute approximate surface area is 195 Å². The van der Waals surface area contributed by atoms with E-state index in [9.17, 15) is 12.8 Å². The van der Waals surface area contributed by atoms with Crippen LogP contribution < -0.4 is 10.5 Å². The molecule has 1 aromatic carbocycles. The second-order valence-electron chi connectivity index (χ2n) is 7.74. The van der Waals surface area contributed by atoms with Gasteiger partial charge in [-0.2, -0.15) is 5.10 Å². The zero-order chi connectivity index (χ0) is 23.0. The molecule has 2 N–H and O–H groups in total. The van der Waals surface area contributed by atoms with E-state index in [2.05, 4.69) is 10.1 Å². The van der Waals surface area contributed by atoms with Gasteiger partial charge in [0.2, 0.25) is 0 Å². The molecule has 11 heteroatoms. The number of aromatic nitrogens is 3. The number of sulfone groups is 1. The number of nitrogens with zero attached hydrogens (tertiary/aromatic N) is 3. The number of nitrogen functional groups attached to an aromatic ring is 1. The monoisotopic (exact) mass is 498 g/mol. The molecule has 170 valence electrons. The Bertz CT molecular complexity index is 1270. The van der Waals surface area contributed by atoms with Crippen molar-refractivity contribution in [2.24, 2.45) is 0 Å². The molecule has 1 fully saturated rings. The van der Waals surface area contributed by atoms with E-state index in [1.807, 2.05) is 0 Å². The summed E-state index contributed by atoms with van der Waals surface area (Å²) in [7, 11) is -3.06. The third-order valence-electron chi connectivity index (χ3n) is 5.42. The molecule has 4 rings (SSSR count). The second-order valence-corrected chi connectivity index (χ2v) is 10.8. The van der Waals surface area contributed by atoms with Gasteiger partial charge in [0.25, 0.3) is 0 Å². The quantitative estimate of drug-likeness (QED) is 0.504. The maximum atomic E-state index is 13.9. The molecule has 2 unspecified atom stereocenters. The highest BCUT2D eigenvalue weighted by Crippen LogP contribution is 2.37. The van der Waals surface area contributed by atoms with Gasteiger partial charge in [-0.15, -0.1) is 0 Å². The van der Waals surface area contributed by atoms with Crippen LogP contribution in [0.4, 0.5) is 10.2 Å². The number of rotatable bonds is 5. The minimum atomic E-state index is -3.06. The van der Waals surface area contributed by atoms with E-state index in [0.717, 1.165) is 12.0 Å². The fraction of sp³-hybridized carbons (Fsp3) is 0.333. The van der Waals surface area contributed by atoms with Crippen LogP contribution in [0.3, 0.4) is 0 Å². The van der Waals surface area contributed by atoms with Gasteiger partial charge in [-0.1, -0.05) is 23.2 Å². The molecular weight excluding hydrogens is 478 g/mol. The number of anilines is 1. The van der Waals surface area contributed by atoms with E-state index < -0.39 is 21.8 Å². The topological polar surface area (TPSA) is 100 Å². The number of hydrogen-bond acceptors (Lipinski definition) is 6. The van der Waals surface area contributed by atoms with Crippen molar-refractivity contribution < 1.29 is 17.5 Å². The highest BCUT2D eigenvalue weighted by atomic mass is 35.5. The summed E-state index contributed by atoms with van der Waals surface area (Å²) in [5.74, 6) is 0.125. The SMILES string of the molecule is CC(Oc1cc(-c2cnn(C3CCCS(=O)(=O)C3)c2)cnc1N)c1c(Cl)ccc(F)c1Cl. The summed E-state index contributed by atoms with van der Waals surface area (Å²) in [6, 6.07) is 4.10. The van der Waals surface area contributed by atoms with Crippen LogP contribution in [0.2, 0.25) is 10.0 Å². The number of ether oxygens (including phenoxy) is 1. The Kier molecular flexibility index (Phi) is 6.33. The maximum absolute atomic E-state index is 13.9. The van der Waals surface area contributed by atoms with Gasteiger partial charge in [-0.05, 0) is 38.0 Å². The van der Waals surface area contributed by atoms with Crippen LogP contribution in [-0.2, 0) is 9.84 Å². The Morgan fingerprint density at radius 3 is 2.81 bits per heavy atom. The normalized spacial score (nSPS) is 18.9. The lowest BCUT2D eigenvalue weighted by atomic mass is 10.1. The number of nitrogens with two attached hydrogens (primary N) is 1. The number of halogens is 3. The summed E-state index contributed by atoms with van der Waals surface area (Å²) in [5, 5.41) is 4.51. The molecule has 0 aliphatic carbocycles. The molecule has 1 aliphatic heterocycles. The van der Waals surface area contributed by atoms with Gasteiger partial charge >= 0.3 is 0 Å². The lowest BCUT2D eigenvalue weighted by molar-refractivity contribution is 0.227. The third-order valence-corrected chi connectivity index (χ3v) is 7.94. The Morgan fingerprint density at radius 1 is 1.28 bits per heavy atom. The van der Waals surface area contributed by atoms with Crippen molar-refractivity contribution >= 4 is 38.9 Å². The van der Waals surface area contributed by atoms with Gasteiger partial charge in [0, 0.05) is 34.1 Å². The summed E-state index contributed by atoms with van der Waals surface area (Å²) in [4.78, 5) is 4.19. The molecule has 1 aliphatic rings. The summed E-state index contributed by atoms with van der Waals surface area (Å²) in [6.07, 6.45) is 5.68. The first-order chi connectivity index (χ1) is 15.1. The third kappa shape index (κ3) is 4.69. The van der Waals surface area contributed by atoms with Gasteiger partial charge in [-0.3, -0.25) is 4.68 Å².